The van der Waals surface area contributed by atoms with Crippen molar-refractivity contribution in [1.82, 2.24) is 4.57 Å². The van der Waals surface area contributed by atoms with Crippen LogP contribution in [0.5, 0.6) is 0 Å². The topological polar surface area (TPSA) is 48.0 Å². The van der Waals surface area contributed by atoms with Crippen LogP contribution < -0.4 is 11.3 Å². The molecule has 0 fully saturated rings. The summed E-state index contributed by atoms with van der Waals surface area (Å²) in [6.45, 7) is 6.12. The molecule has 0 aliphatic heterocycles. The Hall–Kier alpha value is -0.610. The molecule has 0 saturated carbocycles. The molecule has 0 spiro atoms. The number of aromatic nitrogens is 1. The molecule has 0 atom stereocenters. The number of aryl methyl sites for hydroxylation is 1. The Morgan fingerprint density at radius 2 is 2.14 bits per heavy atom. The van der Waals surface area contributed by atoms with Crippen molar-refractivity contribution in [3.8, 4) is 0 Å². The van der Waals surface area contributed by atoms with Crippen molar-refractivity contribution >= 4 is 15.9 Å². The van der Waals surface area contributed by atoms with Gasteiger partial charge in [-0.05, 0) is 42.8 Å². The number of nitrogens with zero attached hydrogens (tertiary/aromatic N) is 1. The van der Waals surface area contributed by atoms with Gasteiger partial charge in [0.25, 0.3) is 5.56 Å². The van der Waals surface area contributed by atoms with Crippen molar-refractivity contribution in [1.29, 1.82) is 0 Å². The maximum atomic E-state index is 11.7. The predicted molar refractivity (Wildman–Crippen MR) is 61.4 cm³/mol. The van der Waals surface area contributed by atoms with Crippen LogP contribution in [0.15, 0.2) is 21.5 Å². The normalized spacial score (nSPS) is 11.8. The predicted octanol–water partition coefficient (Wildman–Crippen LogP) is 1.66. The monoisotopic (exact) mass is 258 g/mol. The molecule has 2 N–H and O–H groups in total. The van der Waals surface area contributed by atoms with E-state index in [1.807, 2.05) is 19.9 Å². The fourth-order valence-electron chi connectivity index (χ4n) is 1.30. The zero-order valence-electron chi connectivity index (χ0n) is 8.67. The summed E-state index contributed by atoms with van der Waals surface area (Å²) in [5.74, 6) is 0. The van der Waals surface area contributed by atoms with E-state index in [0.717, 1.165) is 10.0 Å². The number of pyridine rings is 1. The van der Waals surface area contributed by atoms with E-state index >= 15 is 0 Å². The van der Waals surface area contributed by atoms with Crippen LogP contribution in [0.4, 0.5) is 0 Å². The first-order chi connectivity index (χ1) is 6.29. The van der Waals surface area contributed by atoms with Crippen molar-refractivity contribution in [3.05, 3.63) is 32.7 Å². The van der Waals surface area contributed by atoms with Gasteiger partial charge in [0.05, 0.1) is 0 Å². The minimum absolute atomic E-state index is 0.0201. The molecule has 14 heavy (non-hydrogen) atoms. The second-order valence-corrected chi connectivity index (χ2v) is 5.18. The Labute approximate surface area is 92.1 Å². The van der Waals surface area contributed by atoms with Gasteiger partial charge in [0, 0.05) is 28.3 Å². The van der Waals surface area contributed by atoms with Gasteiger partial charge in [-0.1, -0.05) is 0 Å². The molecule has 0 amide bonds. The Balaban J connectivity index is 3.16. The SMILES string of the molecule is Cc1cc(Br)cn(CC(C)(C)N)c1=O. The van der Waals surface area contributed by atoms with Crippen LogP contribution in [0.25, 0.3) is 0 Å². The molecule has 0 bridgehead atoms. The van der Waals surface area contributed by atoms with Gasteiger partial charge >= 0.3 is 0 Å². The maximum absolute atomic E-state index is 11.7. The molecule has 0 saturated heterocycles. The van der Waals surface area contributed by atoms with Gasteiger partial charge in [-0.25, -0.2) is 0 Å². The van der Waals surface area contributed by atoms with Crippen LogP contribution in [-0.2, 0) is 6.54 Å². The van der Waals surface area contributed by atoms with Crippen LogP contribution in [0, 0.1) is 6.92 Å². The number of halogens is 1. The first kappa shape index (κ1) is 11.5. The molecule has 0 radical (unpaired) electrons. The summed E-state index contributed by atoms with van der Waals surface area (Å²) in [6, 6.07) is 1.81. The summed E-state index contributed by atoms with van der Waals surface area (Å²) in [6.07, 6.45) is 1.77. The van der Waals surface area contributed by atoms with E-state index in [4.69, 9.17) is 5.73 Å². The van der Waals surface area contributed by atoms with Crippen LogP contribution >= 0.6 is 15.9 Å². The molecule has 1 aromatic rings. The molecule has 1 aromatic heterocycles. The molecular weight excluding hydrogens is 244 g/mol. The second kappa shape index (κ2) is 3.87. The van der Waals surface area contributed by atoms with Gasteiger partial charge in [-0.3, -0.25) is 4.79 Å². The highest BCUT2D eigenvalue weighted by Gasteiger charge is 2.13. The van der Waals surface area contributed by atoms with Crippen molar-refractivity contribution in [3.63, 3.8) is 0 Å². The number of nitrogens with two attached hydrogens (primary N) is 1. The number of hydrogen-bond donors (Lipinski definition) is 1. The van der Waals surface area contributed by atoms with E-state index in [-0.39, 0.29) is 11.1 Å². The molecule has 1 heterocycles. The third kappa shape index (κ3) is 2.96. The van der Waals surface area contributed by atoms with Crippen LogP contribution in [0.3, 0.4) is 0 Å². The van der Waals surface area contributed by atoms with Gasteiger partial charge in [-0.15, -0.1) is 0 Å². The molecule has 4 heteroatoms. The lowest BCUT2D eigenvalue weighted by molar-refractivity contribution is 0.425. The first-order valence-electron chi connectivity index (χ1n) is 4.45. The van der Waals surface area contributed by atoms with E-state index in [9.17, 15) is 4.79 Å². The van der Waals surface area contributed by atoms with Gasteiger partial charge in [0.2, 0.25) is 0 Å². The maximum Gasteiger partial charge on any atom is 0.253 e. The summed E-state index contributed by atoms with van der Waals surface area (Å²) in [4.78, 5) is 11.7. The highest BCUT2D eigenvalue weighted by molar-refractivity contribution is 9.10. The van der Waals surface area contributed by atoms with E-state index in [2.05, 4.69) is 15.9 Å². The molecular formula is C10H15BrN2O. The highest BCUT2D eigenvalue weighted by Crippen LogP contribution is 2.09. The van der Waals surface area contributed by atoms with Crippen molar-refractivity contribution in [2.45, 2.75) is 32.9 Å². The van der Waals surface area contributed by atoms with Crippen molar-refractivity contribution in [2.24, 2.45) is 5.73 Å². The van der Waals surface area contributed by atoms with E-state index < -0.39 is 0 Å². The summed E-state index contributed by atoms with van der Waals surface area (Å²) in [7, 11) is 0. The Kier molecular flexibility index (Phi) is 3.17. The van der Waals surface area contributed by atoms with Gasteiger partial charge in [-0.2, -0.15) is 0 Å². The molecule has 1 rings (SSSR count). The van der Waals surface area contributed by atoms with Crippen LogP contribution in [0.1, 0.15) is 19.4 Å². The quantitative estimate of drug-likeness (QED) is 0.878. The molecule has 0 unspecified atom stereocenters. The lowest BCUT2D eigenvalue weighted by atomic mass is 10.1. The Bertz CT molecular complexity index is 390. The van der Waals surface area contributed by atoms with Gasteiger partial charge in [0.1, 0.15) is 0 Å². The van der Waals surface area contributed by atoms with E-state index in [1.54, 1.807) is 17.7 Å². The minimum atomic E-state index is -0.378. The number of hydrogen-bond acceptors (Lipinski definition) is 2. The van der Waals surface area contributed by atoms with Gasteiger partial charge < -0.3 is 10.3 Å². The fraction of sp³-hybridized carbons (Fsp3) is 0.500. The second-order valence-electron chi connectivity index (χ2n) is 4.26. The molecule has 3 nitrogen and oxygen atoms in total. The average molecular weight is 259 g/mol. The van der Waals surface area contributed by atoms with Gasteiger partial charge in [0.15, 0.2) is 0 Å². The minimum Gasteiger partial charge on any atom is -0.324 e. The third-order valence-corrected chi connectivity index (χ3v) is 2.24. The van der Waals surface area contributed by atoms with Crippen LogP contribution in [0.2, 0.25) is 0 Å². The Morgan fingerprint density at radius 1 is 1.57 bits per heavy atom. The van der Waals surface area contributed by atoms with E-state index in [0.29, 0.717) is 6.54 Å². The van der Waals surface area contributed by atoms with Crippen molar-refractivity contribution < 1.29 is 0 Å². The molecule has 78 valence electrons. The highest BCUT2D eigenvalue weighted by atomic mass is 79.9. The van der Waals surface area contributed by atoms with E-state index in [1.165, 1.54) is 0 Å². The summed E-state index contributed by atoms with van der Waals surface area (Å²) >= 11 is 3.35. The lowest BCUT2D eigenvalue weighted by Crippen LogP contribution is -2.40. The first-order valence-corrected chi connectivity index (χ1v) is 5.24. The largest absolute Gasteiger partial charge is 0.324 e. The zero-order valence-corrected chi connectivity index (χ0v) is 10.3. The standard InChI is InChI=1S/C10H15BrN2O/c1-7-4-8(11)5-13(9(7)14)6-10(2,3)12/h4-5H,6,12H2,1-3H3. The smallest absolute Gasteiger partial charge is 0.253 e. The molecule has 0 aliphatic carbocycles. The Morgan fingerprint density at radius 3 is 2.64 bits per heavy atom. The third-order valence-electron chi connectivity index (χ3n) is 1.81. The number of rotatable bonds is 2. The van der Waals surface area contributed by atoms with Crippen molar-refractivity contribution in [2.75, 3.05) is 0 Å². The molecule has 0 aliphatic rings. The zero-order chi connectivity index (χ0) is 10.9. The fourth-order valence-corrected chi connectivity index (χ4v) is 1.89. The summed E-state index contributed by atoms with van der Waals surface area (Å²) < 4.78 is 2.54. The lowest BCUT2D eigenvalue weighted by Gasteiger charge is -2.20. The van der Waals surface area contributed by atoms with Crippen LogP contribution in [-0.4, -0.2) is 10.1 Å². The average Bonchev–Trinajstić information content (AvgIpc) is 1.96. The summed E-state index contributed by atoms with van der Waals surface area (Å²) in [5, 5.41) is 0. The molecule has 0 aromatic carbocycles. The summed E-state index contributed by atoms with van der Waals surface area (Å²) in [5.41, 5.74) is 6.23.